The number of carbonyl (C=O) groups is 3. The number of hydrogen-bond acceptors (Lipinski definition) is 3. The summed E-state index contributed by atoms with van der Waals surface area (Å²) in [5.74, 6) is -1.21. The molecule has 1 heterocycles. The lowest BCUT2D eigenvalue weighted by molar-refractivity contribution is -0.124. The summed E-state index contributed by atoms with van der Waals surface area (Å²) in [6, 6.07) is 4.30. The van der Waals surface area contributed by atoms with Crippen molar-refractivity contribution in [2.45, 2.75) is 32.7 Å². The van der Waals surface area contributed by atoms with Gasteiger partial charge in [0.1, 0.15) is 6.04 Å². The molecule has 0 radical (unpaired) electrons. The molecule has 3 amide bonds. The maximum Gasteiger partial charge on any atom is 0.262 e. The zero-order chi connectivity index (χ0) is 15.6. The fourth-order valence-electron chi connectivity index (χ4n) is 2.50. The van der Waals surface area contributed by atoms with Gasteiger partial charge in [-0.3, -0.25) is 19.3 Å². The average molecular weight is 286 g/mol. The van der Waals surface area contributed by atoms with E-state index in [-0.39, 0.29) is 0 Å². The summed E-state index contributed by atoms with van der Waals surface area (Å²) >= 11 is 0. The Morgan fingerprint density at radius 2 is 2.00 bits per heavy atom. The third kappa shape index (κ3) is 2.59. The van der Waals surface area contributed by atoms with Crippen LogP contribution < -0.4 is 5.32 Å². The quantitative estimate of drug-likeness (QED) is 0.842. The van der Waals surface area contributed by atoms with Crippen LogP contribution in [0.5, 0.6) is 0 Å². The molecule has 1 aromatic rings. The second kappa shape index (κ2) is 5.91. The highest BCUT2D eigenvalue weighted by Crippen LogP contribution is 2.27. The van der Waals surface area contributed by atoms with Crippen molar-refractivity contribution in [3.8, 4) is 0 Å². The molecular weight excluding hydrogens is 268 g/mol. The summed E-state index contributed by atoms with van der Waals surface area (Å²) in [4.78, 5) is 38.1. The molecule has 21 heavy (non-hydrogen) atoms. The van der Waals surface area contributed by atoms with Gasteiger partial charge in [0.15, 0.2) is 0 Å². The number of hydrogen-bond donors (Lipinski definition) is 1. The molecule has 0 bridgehead atoms. The van der Waals surface area contributed by atoms with Gasteiger partial charge in [0, 0.05) is 0 Å². The van der Waals surface area contributed by atoms with Crippen LogP contribution in [0.2, 0.25) is 0 Å². The highest BCUT2D eigenvalue weighted by Gasteiger charge is 2.42. The monoisotopic (exact) mass is 286 g/mol. The lowest BCUT2D eigenvalue weighted by atomic mass is 10.1. The first kappa shape index (κ1) is 15.0. The van der Waals surface area contributed by atoms with E-state index in [0.717, 1.165) is 10.5 Å². The van der Waals surface area contributed by atoms with Gasteiger partial charge in [-0.05, 0) is 31.7 Å². The molecule has 5 heteroatoms. The van der Waals surface area contributed by atoms with Crippen LogP contribution in [0.1, 0.15) is 46.0 Å². The molecule has 1 unspecified atom stereocenters. The molecule has 1 atom stereocenters. The molecule has 0 spiro atoms. The van der Waals surface area contributed by atoms with Gasteiger partial charge >= 0.3 is 0 Å². The van der Waals surface area contributed by atoms with Crippen molar-refractivity contribution in [3.63, 3.8) is 0 Å². The zero-order valence-corrected chi connectivity index (χ0v) is 12.2. The van der Waals surface area contributed by atoms with Gasteiger partial charge in [-0.1, -0.05) is 31.6 Å². The average Bonchev–Trinajstić information content (AvgIpc) is 2.68. The van der Waals surface area contributed by atoms with E-state index in [0.29, 0.717) is 24.0 Å². The summed E-state index contributed by atoms with van der Waals surface area (Å²) in [6.45, 7) is 7.19. The maximum atomic E-state index is 12.5. The largest absolute Gasteiger partial charge is 0.331 e. The molecule has 0 saturated carbocycles. The maximum absolute atomic E-state index is 12.5. The molecule has 5 nitrogen and oxygen atoms in total. The molecule has 1 aromatic carbocycles. The van der Waals surface area contributed by atoms with E-state index in [2.05, 4.69) is 11.9 Å². The lowest BCUT2D eigenvalue weighted by Crippen LogP contribution is -2.48. The van der Waals surface area contributed by atoms with Crippen LogP contribution in [0.15, 0.2) is 31.0 Å². The number of imide groups is 1. The minimum Gasteiger partial charge on any atom is -0.331 e. The zero-order valence-electron chi connectivity index (χ0n) is 12.2. The highest BCUT2D eigenvalue weighted by atomic mass is 16.2. The van der Waals surface area contributed by atoms with Crippen LogP contribution in [-0.2, 0) is 4.79 Å². The Bertz CT molecular complexity index is 622. The van der Waals surface area contributed by atoms with E-state index in [9.17, 15) is 14.4 Å². The Labute approximate surface area is 123 Å². The number of carbonyl (C=O) groups excluding carboxylic acids is 3. The van der Waals surface area contributed by atoms with E-state index in [4.69, 9.17) is 0 Å². The number of fused-ring (bicyclic) bond motifs is 1. The van der Waals surface area contributed by atoms with Crippen LogP contribution in [0.3, 0.4) is 0 Å². The summed E-state index contributed by atoms with van der Waals surface area (Å²) in [6.07, 6.45) is 2.36. The highest BCUT2D eigenvalue weighted by molar-refractivity contribution is 6.23. The lowest BCUT2D eigenvalue weighted by Gasteiger charge is -2.24. The summed E-state index contributed by atoms with van der Waals surface area (Å²) < 4.78 is 0. The van der Waals surface area contributed by atoms with E-state index in [1.54, 1.807) is 18.2 Å². The number of benzene rings is 1. The second-order valence-corrected chi connectivity index (χ2v) is 5.05. The van der Waals surface area contributed by atoms with E-state index < -0.39 is 23.8 Å². The number of nitrogens with zero attached hydrogens (tertiary/aromatic N) is 1. The van der Waals surface area contributed by atoms with E-state index in [1.807, 2.05) is 13.8 Å². The summed E-state index contributed by atoms with van der Waals surface area (Å²) in [7, 11) is 0. The molecule has 1 N–H and O–H groups in total. The Morgan fingerprint density at radius 3 is 2.62 bits per heavy atom. The first-order chi connectivity index (χ1) is 10.0. The van der Waals surface area contributed by atoms with Crippen LogP contribution in [0.25, 0.3) is 0 Å². The number of nitrogens with one attached hydrogen (secondary N) is 1. The molecule has 0 aliphatic carbocycles. The number of amides is 3. The summed E-state index contributed by atoms with van der Waals surface area (Å²) in [5.41, 5.74) is 1.63. The van der Waals surface area contributed by atoms with Crippen LogP contribution in [0, 0.1) is 6.92 Å². The van der Waals surface area contributed by atoms with E-state index >= 15 is 0 Å². The van der Waals surface area contributed by atoms with Gasteiger partial charge in [0.05, 0.1) is 11.1 Å². The standard InChI is InChI=1S/C16H18N2O3/c1-4-6-13(14(19)17-5-2)18-15(20)11-8-7-10(3)9-12(11)16(18)21/h5,7-9,13H,2,4,6H2,1,3H3,(H,17,19). The first-order valence-electron chi connectivity index (χ1n) is 6.91. The molecule has 1 aliphatic heterocycles. The Morgan fingerprint density at radius 1 is 1.33 bits per heavy atom. The van der Waals surface area contributed by atoms with Gasteiger partial charge < -0.3 is 5.32 Å². The SMILES string of the molecule is C=CNC(=O)C(CCC)N1C(=O)c2ccc(C)cc2C1=O. The van der Waals surface area contributed by atoms with Gasteiger partial charge in [-0.25, -0.2) is 0 Å². The van der Waals surface area contributed by atoms with Crippen molar-refractivity contribution in [2.75, 3.05) is 0 Å². The fourth-order valence-corrected chi connectivity index (χ4v) is 2.50. The van der Waals surface area contributed by atoms with Crippen LogP contribution in [0.4, 0.5) is 0 Å². The molecule has 2 rings (SSSR count). The smallest absolute Gasteiger partial charge is 0.262 e. The van der Waals surface area contributed by atoms with Crippen molar-refractivity contribution in [1.29, 1.82) is 0 Å². The van der Waals surface area contributed by atoms with Crippen molar-refractivity contribution < 1.29 is 14.4 Å². The van der Waals surface area contributed by atoms with Gasteiger partial charge in [0.25, 0.3) is 11.8 Å². The minimum absolute atomic E-state index is 0.359. The Balaban J connectivity index is 2.40. The summed E-state index contributed by atoms with van der Waals surface area (Å²) in [5, 5.41) is 2.47. The second-order valence-electron chi connectivity index (χ2n) is 5.05. The van der Waals surface area contributed by atoms with Gasteiger partial charge in [-0.15, -0.1) is 0 Å². The Hall–Kier alpha value is -2.43. The predicted molar refractivity (Wildman–Crippen MR) is 78.7 cm³/mol. The first-order valence-corrected chi connectivity index (χ1v) is 6.91. The van der Waals surface area contributed by atoms with Gasteiger partial charge in [-0.2, -0.15) is 0 Å². The molecule has 0 fully saturated rings. The normalized spacial score (nSPS) is 14.9. The predicted octanol–water partition coefficient (Wildman–Crippen LogP) is 2.02. The molecule has 0 aromatic heterocycles. The topological polar surface area (TPSA) is 66.5 Å². The number of rotatable bonds is 5. The van der Waals surface area contributed by atoms with Gasteiger partial charge in [0.2, 0.25) is 5.91 Å². The van der Waals surface area contributed by atoms with Crippen molar-refractivity contribution >= 4 is 17.7 Å². The molecule has 1 aliphatic rings. The minimum atomic E-state index is -0.805. The third-order valence-electron chi connectivity index (χ3n) is 3.49. The van der Waals surface area contributed by atoms with Crippen molar-refractivity contribution in [1.82, 2.24) is 10.2 Å². The van der Waals surface area contributed by atoms with Crippen LogP contribution >= 0.6 is 0 Å². The Kier molecular flexibility index (Phi) is 4.21. The third-order valence-corrected chi connectivity index (χ3v) is 3.49. The fraction of sp³-hybridized carbons (Fsp3) is 0.312. The molecule has 110 valence electrons. The van der Waals surface area contributed by atoms with Crippen molar-refractivity contribution in [3.05, 3.63) is 47.7 Å². The van der Waals surface area contributed by atoms with E-state index in [1.165, 1.54) is 6.20 Å². The molecule has 0 saturated heterocycles. The van der Waals surface area contributed by atoms with Crippen LogP contribution in [-0.4, -0.2) is 28.7 Å². The van der Waals surface area contributed by atoms with Crippen molar-refractivity contribution in [2.24, 2.45) is 0 Å². The number of aryl methyl sites for hydroxylation is 1. The molecular formula is C16H18N2O3.